The van der Waals surface area contributed by atoms with E-state index in [4.69, 9.17) is 4.84 Å². The Balaban J connectivity index is 1.98. The first-order chi connectivity index (χ1) is 7.24. The maximum Gasteiger partial charge on any atom is 0.245 e. The number of amides is 1. The zero-order chi connectivity index (χ0) is 11.1. The van der Waals surface area contributed by atoms with Crippen LogP contribution >= 0.6 is 0 Å². The molecule has 4 nitrogen and oxygen atoms in total. The van der Waals surface area contributed by atoms with E-state index in [9.17, 15) is 4.79 Å². The summed E-state index contributed by atoms with van der Waals surface area (Å²) in [4.78, 5) is 18.7. The minimum Gasteiger partial charge on any atom is -0.303 e. The third kappa shape index (κ3) is 4.62. The summed E-state index contributed by atoms with van der Waals surface area (Å²) in [5.74, 6) is 0.0684. The molecule has 1 saturated heterocycles. The van der Waals surface area contributed by atoms with Crippen LogP contribution in [0.25, 0.3) is 0 Å². The zero-order valence-electron chi connectivity index (χ0n) is 9.87. The molecule has 0 aromatic carbocycles. The van der Waals surface area contributed by atoms with Crippen molar-refractivity contribution in [1.82, 2.24) is 9.96 Å². The van der Waals surface area contributed by atoms with Gasteiger partial charge < -0.3 is 4.90 Å². The molecule has 0 aromatic heterocycles. The van der Waals surface area contributed by atoms with Gasteiger partial charge in [0.2, 0.25) is 5.91 Å². The van der Waals surface area contributed by atoms with E-state index < -0.39 is 0 Å². The van der Waals surface area contributed by atoms with E-state index in [0.717, 1.165) is 19.4 Å². The molecule has 88 valence electrons. The number of carbonyl (C=O) groups excluding carboxylic acids is 1. The molecule has 4 heteroatoms. The smallest absolute Gasteiger partial charge is 0.245 e. The highest BCUT2D eigenvalue weighted by atomic mass is 16.7. The molecule has 0 N–H and O–H groups in total. The topological polar surface area (TPSA) is 32.8 Å². The SMILES string of the molecule is CON(C)C(=O)CCCCN1CCCC1. The van der Waals surface area contributed by atoms with Crippen molar-refractivity contribution in [1.29, 1.82) is 0 Å². The van der Waals surface area contributed by atoms with E-state index in [1.54, 1.807) is 7.05 Å². The molecule has 0 unspecified atom stereocenters. The Bertz CT molecular complexity index is 191. The molecular weight excluding hydrogens is 192 g/mol. The van der Waals surface area contributed by atoms with Crippen LogP contribution in [0.3, 0.4) is 0 Å². The van der Waals surface area contributed by atoms with Crippen LogP contribution in [0.5, 0.6) is 0 Å². The second-order valence-electron chi connectivity index (χ2n) is 4.08. The van der Waals surface area contributed by atoms with Crippen molar-refractivity contribution in [2.75, 3.05) is 33.8 Å². The van der Waals surface area contributed by atoms with Crippen molar-refractivity contribution in [3.63, 3.8) is 0 Å². The number of hydrogen-bond donors (Lipinski definition) is 0. The zero-order valence-corrected chi connectivity index (χ0v) is 9.87. The van der Waals surface area contributed by atoms with E-state index >= 15 is 0 Å². The van der Waals surface area contributed by atoms with Crippen molar-refractivity contribution in [2.45, 2.75) is 32.1 Å². The van der Waals surface area contributed by atoms with Crippen molar-refractivity contribution < 1.29 is 9.63 Å². The molecule has 0 atom stereocenters. The molecule has 0 bridgehead atoms. The first kappa shape index (κ1) is 12.5. The van der Waals surface area contributed by atoms with Crippen LogP contribution in [0, 0.1) is 0 Å². The molecule has 0 saturated carbocycles. The average molecular weight is 214 g/mol. The number of hydroxylamine groups is 2. The quantitative estimate of drug-likeness (QED) is 0.493. The standard InChI is InChI=1S/C11H22N2O2/c1-12(15-2)11(14)7-3-4-8-13-9-5-6-10-13/h3-10H2,1-2H3. The molecule has 1 aliphatic rings. The Morgan fingerprint density at radius 1 is 1.33 bits per heavy atom. The third-order valence-corrected chi connectivity index (χ3v) is 2.94. The summed E-state index contributed by atoms with van der Waals surface area (Å²) in [6.45, 7) is 3.63. The Kier molecular flexibility index (Phi) is 5.65. The fourth-order valence-corrected chi connectivity index (χ4v) is 1.88. The highest BCUT2D eigenvalue weighted by Gasteiger charge is 2.11. The van der Waals surface area contributed by atoms with Gasteiger partial charge in [-0.25, -0.2) is 5.06 Å². The highest BCUT2D eigenvalue weighted by Crippen LogP contribution is 2.09. The van der Waals surface area contributed by atoms with Crippen molar-refractivity contribution in [2.24, 2.45) is 0 Å². The lowest BCUT2D eigenvalue weighted by Crippen LogP contribution is -2.25. The van der Waals surface area contributed by atoms with Gasteiger partial charge in [0.05, 0.1) is 7.11 Å². The summed E-state index contributed by atoms with van der Waals surface area (Å²) in [5.41, 5.74) is 0. The van der Waals surface area contributed by atoms with Gasteiger partial charge in [-0.05, 0) is 45.3 Å². The van der Waals surface area contributed by atoms with Crippen LogP contribution in [0.4, 0.5) is 0 Å². The molecule has 15 heavy (non-hydrogen) atoms. The molecule has 1 fully saturated rings. The number of unbranched alkanes of at least 4 members (excludes halogenated alkanes) is 1. The average Bonchev–Trinajstić information content (AvgIpc) is 2.75. The Morgan fingerprint density at radius 3 is 2.60 bits per heavy atom. The molecule has 0 aliphatic carbocycles. The van der Waals surface area contributed by atoms with Crippen LogP contribution in [0.15, 0.2) is 0 Å². The lowest BCUT2D eigenvalue weighted by molar-refractivity contribution is -0.168. The maximum atomic E-state index is 11.4. The Morgan fingerprint density at radius 2 is 2.00 bits per heavy atom. The second-order valence-corrected chi connectivity index (χ2v) is 4.08. The number of likely N-dealkylation sites (tertiary alicyclic amines) is 1. The van der Waals surface area contributed by atoms with Gasteiger partial charge in [0, 0.05) is 13.5 Å². The highest BCUT2D eigenvalue weighted by molar-refractivity contribution is 5.74. The molecule has 1 amide bonds. The van der Waals surface area contributed by atoms with Crippen molar-refractivity contribution in [3.05, 3.63) is 0 Å². The van der Waals surface area contributed by atoms with Gasteiger partial charge in [0.15, 0.2) is 0 Å². The molecule has 1 aliphatic heterocycles. The van der Waals surface area contributed by atoms with Crippen LogP contribution in [0.2, 0.25) is 0 Å². The molecule has 0 spiro atoms. The summed E-state index contributed by atoms with van der Waals surface area (Å²) < 4.78 is 0. The molecule has 0 radical (unpaired) electrons. The Labute approximate surface area is 92.1 Å². The molecule has 0 aromatic rings. The van der Waals surface area contributed by atoms with Crippen LogP contribution in [-0.2, 0) is 9.63 Å². The van der Waals surface area contributed by atoms with Crippen LogP contribution in [0.1, 0.15) is 32.1 Å². The van der Waals surface area contributed by atoms with E-state index in [1.165, 1.54) is 38.1 Å². The summed E-state index contributed by atoms with van der Waals surface area (Å²) in [6, 6.07) is 0. The molecule has 1 rings (SSSR count). The first-order valence-corrected chi connectivity index (χ1v) is 5.77. The van der Waals surface area contributed by atoms with Gasteiger partial charge in [-0.1, -0.05) is 0 Å². The monoisotopic (exact) mass is 214 g/mol. The van der Waals surface area contributed by atoms with Gasteiger partial charge in [-0.15, -0.1) is 0 Å². The maximum absolute atomic E-state index is 11.4. The fourth-order valence-electron chi connectivity index (χ4n) is 1.88. The van der Waals surface area contributed by atoms with Crippen LogP contribution in [-0.4, -0.2) is 49.7 Å². The predicted molar refractivity (Wildman–Crippen MR) is 59.3 cm³/mol. The van der Waals surface area contributed by atoms with Crippen molar-refractivity contribution in [3.8, 4) is 0 Å². The van der Waals surface area contributed by atoms with Gasteiger partial charge in [0.1, 0.15) is 0 Å². The normalized spacial score (nSPS) is 16.9. The number of carbonyl (C=O) groups is 1. The van der Waals surface area contributed by atoms with Crippen molar-refractivity contribution >= 4 is 5.91 Å². The number of rotatable bonds is 6. The summed E-state index contributed by atoms with van der Waals surface area (Å²) in [7, 11) is 3.17. The molecular formula is C11H22N2O2. The van der Waals surface area contributed by atoms with Crippen LogP contribution < -0.4 is 0 Å². The summed E-state index contributed by atoms with van der Waals surface area (Å²) in [6.07, 6.45) is 5.35. The van der Waals surface area contributed by atoms with E-state index in [2.05, 4.69) is 4.90 Å². The first-order valence-electron chi connectivity index (χ1n) is 5.77. The predicted octanol–water partition coefficient (Wildman–Crippen LogP) is 1.27. The lowest BCUT2D eigenvalue weighted by Gasteiger charge is -2.15. The number of nitrogens with zero attached hydrogens (tertiary/aromatic N) is 2. The lowest BCUT2D eigenvalue weighted by atomic mass is 10.2. The van der Waals surface area contributed by atoms with Gasteiger partial charge in [-0.2, -0.15) is 0 Å². The molecule has 1 heterocycles. The summed E-state index contributed by atoms with van der Waals surface area (Å²) in [5, 5.41) is 1.30. The summed E-state index contributed by atoms with van der Waals surface area (Å²) >= 11 is 0. The largest absolute Gasteiger partial charge is 0.303 e. The number of hydrogen-bond acceptors (Lipinski definition) is 3. The second kappa shape index (κ2) is 6.80. The van der Waals surface area contributed by atoms with E-state index in [-0.39, 0.29) is 5.91 Å². The van der Waals surface area contributed by atoms with Gasteiger partial charge in [0.25, 0.3) is 0 Å². The third-order valence-electron chi connectivity index (χ3n) is 2.94. The Hall–Kier alpha value is -0.610. The van der Waals surface area contributed by atoms with Gasteiger partial charge >= 0.3 is 0 Å². The van der Waals surface area contributed by atoms with E-state index in [1.807, 2.05) is 0 Å². The minimum atomic E-state index is 0.0684. The van der Waals surface area contributed by atoms with E-state index in [0.29, 0.717) is 6.42 Å². The minimum absolute atomic E-state index is 0.0684. The van der Waals surface area contributed by atoms with Gasteiger partial charge in [-0.3, -0.25) is 9.63 Å². The fraction of sp³-hybridized carbons (Fsp3) is 0.909.